The molecule has 2 atom stereocenters. The van der Waals surface area contributed by atoms with Crippen molar-refractivity contribution in [3.8, 4) is 0 Å². The van der Waals surface area contributed by atoms with Crippen LogP contribution < -0.4 is 0 Å². The third-order valence-electron chi connectivity index (χ3n) is 4.84. The Labute approximate surface area is 138 Å². The van der Waals surface area contributed by atoms with Gasteiger partial charge in [0.25, 0.3) is 0 Å². The number of fused-ring (bicyclic) bond motifs is 1. The van der Waals surface area contributed by atoms with Gasteiger partial charge in [0.15, 0.2) is 5.78 Å². The molecular formula is C18H18FNO2S. The van der Waals surface area contributed by atoms with Crippen molar-refractivity contribution in [1.82, 2.24) is 4.90 Å². The van der Waals surface area contributed by atoms with Crippen LogP contribution in [0.5, 0.6) is 0 Å². The molecule has 3 nitrogen and oxygen atoms in total. The Morgan fingerprint density at radius 1 is 1.22 bits per heavy atom. The fraction of sp³-hybridized carbons (Fsp3) is 0.444. The monoisotopic (exact) mass is 331 g/mol. The first kappa shape index (κ1) is 15.1. The van der Waals surface area contributed by atoms with Crippen LogP contribution in [0.3, 0.4) is 0 Å². The second-order valence-corrected chi connectivity index (χ2v) is 7.74. The quantitative estimate of drug-likeness (QED) is 0.849. The molecule has 0 spiro atoms. The number of piperidine rings is 1. The van der Waals surface area contributed by atoms with E-state index in [1.54, 1.807) is 18.2 Å². The Balaban J connectivity index is 1.62. The van der Waals surface area contributed by atoms with E-state index in [9.17, 15) is 14.0 Å². The SMILES string of the molecule is O=C1C=C2CN(C(C(=O)C3CC3)c3ccc(F)cc3)CCC2S1. The third-order valence-corrected chi connectivity index (χ3v) is 6.01. The lowest BCUT2D eigenvalue weighted by Crippen LogP contribution is -2.42. The molecular weight excluding hydrogens is 313 g/mol. The molecule has 4 rings (SSSR count). The lowest BCUT2D eigenvalue weighted by Gasteiger charge is -2.37. The van der Waals surface area contributed by atoms with E-state index >= 15 is 0 Å². The molecule has 120 valence electrons. The molecule has 2 heterocycles. The standard InChI is InChI=1S/C18H18FNO2S/c19-14-5-3-11(4-6-14)17(18(22)12-1-2-12)20-8-7-15-13(10-20)9-16(21)23-15/h3-6,9,12,15,17H,1-2,7-8,10H2. The van der Waals surface area contributed by atoms with Gasteiger partial charge in [0.2, 0.25) is 5.12 Å². The molecule has 23 heavy (non-hydrogen) atoms. The average molecular weight is 331 g/mol. The van der Waals surface area contributed by atoms with Crippen LogP contribution in [0.1, 0.15) is 30.9 Å². The topological polar surface area (TPSA) is 37.4 Å². The number of benzene rings is 1. The van der Waals surface area contributed by atoms with Crippen molar-refractivity contribution >= 4 is 22.7 Å². The van der Waals surface area contributed by atoms with Gasteiger partial charge < -0.3 is 0 Å². The molecule has 1 aliphatic carbocycles. The number of Topliss-reactive ketones (excluding diaryl/α,β-unsaturated/α-hetero) is 1. The highest BCUT2D eigenvalue weighted by Gasteiger charge is 2.41. The molecule has 0 bridgehead atoms. The maximum absolute atomic E-state index is 13.2. The Morgan fingerprint density at radius 2 is 1.96 bits per heavy atom. The number of nitrogens with zero attached hydrogens (tertiary/aromatic N) is 1. The summed E-state index contributed by atoms with van der Waals surface area (Å²) in [4.78, 5) is 26.6. The highest BCUT2D eigenvalue weighted by molar-refractivity contribution is 8.15. The molecule has 1 aromatic rings. The summed E-state index contributed by atoms with van der Waals surface area (Å²) < 4.78 is 13.2. The van der Waals surface area contributed by atoms with Gasteiger partial charge in [0.05, 0.1) is 6.04 Å². The predicted octanol–water partition coefficient (Wildman–Crippen LogP) is 3.12. The van der Waals surface area contributed by atoms with Gasteiger partial charge in [-0.3, -0.25) is 14.5 Å². The predicted molar refractivity (Wildman–Crippen MR) is 87.5 cm³/mol. The third kappa shape index (κ3) is 3.00. The fourth-order valence-electron chi connectivity index (χ4n) is 3.49. The molecule has 2 aliphatic heterocycles. The summed E-state index contributed by atoms with van der Waals surface area (Å²) in [6.07, 6.45) is 4.54. The number of hydrogen-bond donors (Lipinski definition) is 0. The van der Waals surface area contributed by atoms with Crippen LogP contribution >= 0.6 is 11.8 Å². The van der Waals surface area contributed by atoms with Crippen LogP contribution in [0, 0.1) is 11.7 Å². The van der Waals surface area contributed by atoms with E-state index in [1.807, 2.05) is 0 Å². The summed E-state index contributed by atoms with van der Waals surface area (Å²) in [5.41, 5.74) is 1.99. The highest BCUT2D eigenvalue weighted by atomic mass is 32.2. The first-order valence-corrected chi connectivity index (χ1v) is 8.94. The molecule has 0 amide bonds. The zero-order valence-electron chi connectivity index (χ0n) is 12.7. The van der Waals surface area contributed by atoms with Crippen molar-refractivity contribution in [3.63, 3.8) is 0 Å². The van der Waals surface area contributed by atoms with Crippen LogP contribution in [0.25, 0.3) is 0 Å². The van der Waals surface area contributed by atoms with E-state index in [0.717, 1.165) is 36.9 Å². The summed E-state index contributed by atoms with van der Waals surface area (Å²) in [7, 11) is 0. The summed E-state index contributed by atoms with van der Waals surface area (Å²) in [5, 5.41) is 0.405. The van der Waals surface area contributed by atoms with Gasteiger partial charge >= 0.3 is 0 Å². The minimum Gasteiger partial charge on any atom is -0.297 e. The van der Waals surface area contributed by atoms with Crippen LogP contribution in [0.15, 0.2) is 35.9 Å². The van der Waals surface area contributed by atoms with Crippen LogP contribution in [0.4, 0.5) is 4.39 Å². The van der Waals surface area contributed by atoms with Crippen LogP contribution in [-0.4, -0.2) is 34.1 Å². The number of rotatable bonds is 4. The number of likely N-dealkylation sites (tertiary alicyclic amines) is 1. The largest absolute Gasteiger partial charge is 0.297 e. The summed E-state index contributed by atoms with van der Waals surface area (Å²) >= 11 is 1.40. The van der Waals surface area contributed by atoms with E-state index in [-0.39, 0.29) is 33.9 Å². The van der Waals surface area contributed by atoms with Gasteiger partial charge in [-0.15, -0.1) is 0 Å². The number of thioether (sulfide) groups is 1. The highest BCUT2D eigenvalue weighted by Crippen LogP contribution is 2.41. The Morgan fingerprint density at radius 3 is 2.65 bits per heavy atom. The second kappa shape index (κ2) is 5.87. The molecule has 1 saturated carbocycles. The van der Waals surface area contributed by atoms with Crippen molar-refractivity contribution in [2.45, 2.75) is 30.6 Å². The van der Waals surface area contributed by atoms with Crippen molar-refractivity contribution in [3.05, 3.63) is 47.3 Å². The minimum absolute atomic E-state index is 0.124. The summed E-state index contributed by atoms with van der Waals surface area (Å²) in [5.74, 6) is 0.106. The van der Waals surface area contributed by atoms with Crippen LogP contribution in [-0.2, 0) is 9.59 Å². The van der Waals surface area contributed by atoms with Gasteiger partial charge in [0, 0.05) is 24.3 Å². The average Bonchev–Trinajstić information content (AvgIpc) is 3.31. The first-order chi connectivity index (χ1) is 11.1. The van der Waals surface area contributed by atoms with Gasteiger partial charge in [-0.2, -0.15) is 0 Å². The molecule has 3 aliphatic rings. The molecule has 0 N–H and O–H groups in total. The van der Waals surface area contributed by atoms with Crippen molar-refractivity contribution < 1.29 is 14.0 Å². The first-order valence-electron chi connectivity index (χ1n) is 8.06. The summed E-state index contributed by atoms with van der Waals surface area (Å²) in [6.45, 7) is 1.45. The lowest BCUT2D eigenvalue weighted by atomic mass is 9.94. The summed E-state index contributed by atoms with van der Waals surface area (Å²) in [6, 6.07) is 5.96. The van der Waals surface area contributed by atoms with Gasteiger partial charge in [0.1, 0.15) is 5.82 Å². The molecule has 2 unspecified atom stereocenters. The Hall–Kier alpha value is -1.46. The molecule has 2 fully saturated rings. The minimum atomic E-state index is -0.314. The van der Waals surface area contributed by atoms with Crippen molar-refractivity contribution in [2.75, 3.05) is 13.1 Å². The maximum atomic E-state index is 13.2. The van der Waals surface area contributed by atoms with Crippen molar-refractivity contribution in [2.24, 2.45) is 5.92 Å². The Kier molecular flexibility index (Phi) is 3.85. The van der Waals surface area contributed by atoms with E-state index in [0.29, 0.717) is 6.54 Å². The molecule has 1 aromatic carbocycles. The fourth-order valence-corrected chi connectivity index (χ4v) is 4.51. The number of hydrogen-bond acceptors (Lipinski definition) is 4. The molecule has 0 aromatic heterocycles. The number of ketones is 1. The van der Waals surface area contributed by atoms with E-state index in [2.05, 4.69) is 4.90 Å². The van der Waals surface area contributed by atoms with Crippen LogP contribution in [0.2, 0.25) is 0 Å². The van der Waals surface area contributed by atoms with E-state index in [4.69, 9.17) is 0 Å². The van der Waals surface area contributed by atoms with Gasteiger partial charge in [-0.05, 0) is 48.6 Å². The molecule has 5 heteroatoms. The van der Waals surface area contributed by atoms with E-state index < -0.39 is 0 Å². The van der Waals surface area contributed by atoms with E-state index in [1.165, 1.54) is 23.9 Å². The number of carbonyl (C=O) groups excluding carboxylic acids is 2. The number of halogens is 1. The molecule has 0 radical (unpaired) electrons. The normalized spacial score (nSPS) is 25.9. The second-order valence-electron chi connectivity index (χ2n) is 6.53. The molecule has 1 saturated heterocycles. The number of carbonyl (C=O) groups is 2. The maximum Gasteiger partial charge on any atom is 0.212 e. The van der Waals surface area contributed by atoms with Gasteiger partial charge in [-0.25, -0.2) is 4.39 Å². The van der Waals surface area contributed by atoms with Gasteiger partial charge in [-0.1, -0.05) is 23.9 Å². The zero-order valence-corrected chi connectivity index (χ0v) is 13.5. The Bertz CT molecular complexity index is 681. The zero-order chi connectivity index (χ0) is 16.0. The van der Waals surface area contributed by atoms with Crippen molar-refractivity contribution in [1.29, 1.82) is 0 Å². The smallest absolute Gasteiger partial charge is 0.212 e. The lowest BCUT2D eigenvalue weighted by molar-refractivity contribution is -0.125.